The van der Waals surface area contributed by atoms with Crippen LogP contribution in [-0.2, 0) is 0 Å². The molecule has 0 saturated heterocycles. The molecule has 1 aromatic heterocycles. The first-order valence-electron chi connectivity index (χ1n) is 6.06. The first-order valence-corrected chi connectivity index (χ1v) is 6.44. The van der Waals surface area contributed by atoms with Gasteiger partial charge in [0.05, 0.1) is 16.4 Å². The molecular weight excluding hydrogens is 274 g/mol. The van der Waals surface area contributed by atoms with E-state index in [0.29, 0.717) is 16.5 Å². The number of para-hydroxylation sites is 1. The number of hydrogen-bond acceptors (Lipinski definition) is 4. The van der Waals surface area contributed by atoms with Gasteiger partial charge in [-0.05, 0) is 47.2 Å². The van der Waals surface area contributed by atoms with Crippen LogP contribution in [-0.4, -0.2) is 20.2 Å². The number of hydrogen-bond donors (Lipinski definition) is 1. The number of nitrogens with two attached hydrogens (primary N) is 1. The van der Waals surface area contributed by atoms with E-state index in [1.807, 2.05) is 37.3 Å². The second-order valence-corrected chi connectivity index (χ2v) is 4.84. The van der Waals surface area contributed by atoms with Gasteiger partial charge in [-0.25, -0.2) is 0 Å². The van der Waals surface area contributed by atoms with Crippen LogP contribution in [0.5, 0.6) is 0 Å². The molecule has 0 spiro atoms. The lowest BCUT2D eigenvalue weighted by molar-refractivity contribution is 0.787. The quantitative estimate of drug-likeness (QED) is 0.735. The zero-order valence-electron chi connectivity index (χ0n) is 10.8. The van der Waals surface area contributed by atoms with Gasteiger partial charge in [-0.15, -0.1) is 5.10 Å². The van der Waals surface area contributed by atoms with Crippen molar-refractivity contribution in [2.45, 2.75) is 6.92 Å². The van der Waals surface area contributed by atoms with Gasteiger partial charge in [0.15, 0.2) is 5.82 Å². The minimum atomic E-state index is 0.503. The van der Waals surface area contributed by atoms with E-state index in [1.165, 1.54) is 0 Å². The van der Waals surface area contributed by atoms with Crippen molar-refractivity contribution in [1.29, 1.82) is 0 Å². The van der Waals surface area contributed by atoms with Crippen molar-refractivity contribution in [3.05, 3.63) is 53.1 Å². The number of anilines is 1. The van der Waals surface area contributed by atoms with Crippen LogP contribution in [0.25, 0.3) is 17.1 Å². The molecule has 0 atom stereocenters. The first-order chi connectivity index (χ1) is 9.66. The summed E-state index contributed by atoms with van der Waals surface area (Å²) in [4.78, 5) is 0. The fourth-order valence-electron chi connectivity index (χ4n) is 2.01. The fraction of sp³-hybridized carbons (Fsp3) is 0.0714. The Morgan fingerprint density at radius 3 is 2.70 bits per heavy atom. The summed E-state index contributed by atoms with van der Waals surface area (Å²) in [7, 11) is 0. The third-order valence-corrected chi connectivity index (χ3v) is 3.41. The summed E-state index contributed by atoms with van der Waals surface area (Å²) in [6.45, 7) is 2.01. The Balaban J connectivity index is 2.15. The summed E-state index contributed by atoms with van der Waals surface area (Å²) in [5.41, 5.74) is 9.18. The Morgan fingerprint density at radius 1 is 1.15 bits per heavy atom. The van der Waals surface area contributed by atoms with E-state index in [0.717, 1.165) is 16.8 Å². The molecule has 0 bridgehead atoms. The summed E-state index contributed by atoms with van der Waals surface area (Å²) in [6.07, 6.45) is 0. The number of aryl methyl sites for hydroxylation is 1. The van der Waals surface area contributed by atoms with E-state index in [9.17, 15) is 0 Å². The molecule has 0 aliphatic carbocycles. The Kier molecular flexibility index (Phi) is 3.12. The van der Waals surface area contributed by atoms with Crippen molar-refractivity contribution >= 4 is 17.3 Å². The summed E-state index contributed by atoms with van der Waals surface area (Å²) in [6, 6.07) is 13.3. The highest BCUT2D eigenvalue weighted by atomic mass is 35.5. The van der Waals surface area contributed by atoms with Crippen LogP contribution in [0.1, 0.15) is 5.56 Å². The predicted octanol–water partition coefficient (Wildman–Crippen LogP) is 2.87. The number of halogens is 1. The Bertz CT molecular complexity index is 766. The van der Waals surface area contributed by atoms with Crippen LogP contribution in [0, 0.1) is 6.92 Å². The van der Waals surface area contributed by atoms with Crippen LogP contribution in [0.3, 0.4) is 0 Å². The Labute approximate surface area is 121 Å². The minimum absolute atomic E-state index is 0.503. The van der Waals surface area contributed by atoms with E-state index in [-0.39, 0.29) is 0 Å². The second kappa shape index (κ2) is 4.94. The topological polar surface area (TPSA) is 69.6 Å². The molecule has 2 aromatic carbocycles. The van der Waals surface area contributed by atoms with Crippen molar-refractivity contribution in [3.63, 3.8) is 0 Å². The third kappa shape index (κ3) is 2.12. The van der Waals surface area contributed by atoms with E-state index in [4.69, 9.17) is 17.3 Å². The first kappa shape index (κ1) is 12.6. The van der Waals surface area contributed by atoms with Crippen LogP contribution in [0.15, 0.2) is 42.5 Å². The van der Waals surface area contributed by atoms with Gasteiger partial charge >= 0.3 is 0 Å². The van der Waals surface area contributed by atoms with E-state index in [2.05, 4.69) is 15.5 Å². The summed E-state index contributed by atoms with van der Waals surface area (Å²) < 4.78 is 1.69. The van der Waals surface area contributed by atoms with Crippen molar-refractivity contribution in [3.8, 4) is 17.1 Å². The molecule has 0 aliphatic heterocycles. The second-order valence-electron chi connectivity index (χ2n) is 4.44. The van der Waals surface area contributed by atoms with Crippen LogP contribution in [0.4, 0.5) is 5.69 Å². The molecule has 0 radical (unpaired) electrons. The van der Waals surface area contributed by atoms with E-state index >= 15 is 0 Å². The van der Waals surface area contributed by atoms with E-state index < -0.39 is 0 Å². The predicted molar refractivity (Wildman–Crippen MR) is 78.7 cm³/mol. The zero-order valence-corrected chi connectivity index (χ0v) is 11.5. The normalized spacial score (nSPS) is 10.7. The molecule has 2 N–H and O–H groups in total. The SMILES string of the molecule is Cc1ccccc1-n1nnnc1-c1ccc(Cl)c(N)c1. The number of nitrogen functional groups attached to an aromatic ring is 1. The van der Waals surface area contributed by atoms with Crippen LogP contribution in [0.2, 0.25) is 5.02 Å². The van der Waals surface area contributed by atoms with Gasteiger partial charge in [-0.3, -0.25) is 0 Å². The largest absolute Gasteiger partial charge is 0.398 e. The average molecular weight is 286 g/mol. The lowest BCUT2D eigenvalue weighted by Gasteiger charge is -2.08. The van der Waals surface area contributed by atoms with Crippen LogP contribution >= 0.6 is 11.6 Å². The summed E-state index contributed by atoms with van der Waals surface area (Å²) >= 11 is 5.94. The Hall–Kier alpha value is -2.40. The zero-order chi connectivity index (χ0) is 14.1. The number of benzene rings is 2. The van der Waals surface area contributed by atoms with E-state index in [1.54, 1.807) is 16.8 Å². The molecule has 20 heavy (non-hydrogen) atoms. The smallest absolute Gasteiger partial charge is 0.187 e. The lowest BCUT2D eigenvalue weighted by Crippen LogP contribution is -2.02. The highest BCUT2D eigenvalue weighted by molar-refractivity contribution is 6.33. The molecule has 3 rings (SSSR count). The molecular formula is C14H12ClN5. The van der Waals surface area contributed by atoms with Crippen molar-refractivity contribution in [2.24, 2.45) is 0 Å². The highest BCUT2D eigenvalue weighted by Crippen LogP contribution is 2.26. The average Bonchev–Trinajstić information content (AvgIpc) is 2.91. The molecule has 0 saturated carbocycles. The number of rotatable bonds is 2. The van der Waals surface area contributed by atoms with Crippen LogP contribution < -0.4 is 5.73 Å². The fourth-order valence-corrected chi connectivity index (χ4v) is 2.13. The monoisotopic (exact) mass is 285 g/mol. The van der Waals surface area contributed by atoms with Crippen molar-refractivity contribution < 1.29 is 0 Å². The molecule has 0 aliphatic rings. The maximum atomic E-state index is 5.94. The van der Waals surface area contributed by atoms with Gasteiger partial charge in [0.1, 0.15) is 0 Å². The maximum absolute atomic E-state index is 5.94. The number of tetrazole rings is 1. The minimum Gasteiger partial charge on any atom is -0.398 e. The number of aromatic nitrogens is 4. The van der Waals surface area contributed by atoms with Gasteiger partial charge in [-0.1, -0.05) is 29.8 Å². The molecule has 1 heterocycles. The molecule has 6 heteroatoms. The third-order valence-electron chi connectivity index (χ3n) is 3.07. The molecule has 5 nitrogen and oxygen atoms in total. The number of nitrogens with zero attached hydrogens (tertiary/aromatic N) is 4. The maximum Gasteiger partial charge on any atom is 0.187 e. The summed E-state index contributed by atoms with van der Waals surface area (Å²) in [5.74, 6) is 0.627. The molecule has 100 valence electrons. The summed E-state index contributed by atoms with van der Waals surface area (Å²) in [5, 5.41) is 12.4. The molecule has 3 aromatic rings. The van der Waals surface area contributed by atoms with Crippen molar-refractivity contribution in [2.75, 3.05) is 5.73 Å². The van der Waals surface area contributed by atoms with Crippen molar-refractivity contribution in [1.82, 2.24) is 20.2 Å². The standard InChI is InChI=1S/C14H12ClN5/c1-9-4-2-3-5-13(9)20-14(17-18-19-20)10-6-7-11(15)12(16)8-10/h2-8H,16H2,1H3. The van der Waals surface area contributed by atoms with Gasteiger partial charge in [0.2, 0.25) is 0 Å². The lowest BCUT2D eigenvalue weighted by atomic mass is 10.1. The van der Waals surface area contributed by atoms with Gasteiger partial charge in [0.25, 0.3) is 0 Å². The Morgan fingerprint density at radius 2 is 1.95 bits per heavy atom. The van der Waals surface area contributed by atoms with Gasteiger partial charge < -0.3 is 5.73 Å². The molecule has 0 unspecified atom stereocenters. The highest BCUT2D eigenvalue weighted by Gasteiger charge is 2.13. The van der Waals surface area contributed by atoms with Gasteiger partial charge in [0, 0.05) is 5.56 Å². The molecule has 0 amide bonds. The van der Waals surface area contributed by atoms with Gasteiger partial charge in [-0.2, -0.15) is 4.68 Å². The molecule has 0 fully saturated rings.